The van der Waals surface area contributed by atoms with E-state index in [0.29, 0.717) is 25.8 Å². The monoisotopic (exact) mass is 444 g/mol. The van der Waals surface area contributed by atoms with E-state index in [9.17, 15) is 19.5 Å². The molecule has 0 saturated carbocycles. The summed E-state index contributed by atoms with van der Waals surface area (Å²) in [6.45, 7) is 5.20. The minimum absolute atomic E-state index is 0.0248. The molecular formula is C19H36N6O6. The van der Waals surface area contributed by atoms with Gasteiger partial charge in [0.05, 0.1) is 6.61 Å². The van der Waals surface area contributed by atoms with Crippen LogP contribution < -0.4 is 32.1 Å². The summed E-state index contributed by atoms with van der Waals surface area (Å²) in [5.74, 6) is -1.95. The standard InChI is InChI=1S/C19H36N6O6/c1-2-3-13-30-18(29)25-19(16(27)28,24-15(26)14-7-10-23-31-14)8-5-4-6-9-20-17-21-11-12-22-17/h14,17,20-23H,2-13H2,1H3,(H,24,26)(H,25,29)(H,27,28). The van der Waals surface area contributed by atoms with Crippen molar-refractivity contribution in [3.8, 4) is 0 Å². The summed E-state index contributed by atoms with van der Waals surface area (Å²) in [6.07, 6.45) is 2.37. The van der Waals surface area contributed by atoms with Crippen molar-refractivity contribution in [3.63, 3.8) is 0 Å². The van der Waals surface area contributed by atoms with Crippen molar-refractivity contribution >= 4 is 18.0 Å². The number of hydrogen-bond acceptors (Lipinski definition) is 9. The van der Waals surface area contributed by atoms with Gasteiger partial charge in [-0.2, -0.15) is 0 Å². The van der Waals surface area contributed by atoms with Gasteiger partial charge in [0.15, 0.2) is 6.10 Å². The van der Waals surface area contributed by atoms with Crippen molar-refractivity contribution in [1.29, 1.82) is 0 Å². The minimum atomic E-state index is -1.96. The van der Waals surface area contributed by atoms with E-state index in [-0.39, 0.29) is 19.3 Å². The lowest BCUT2D eigenvalue weighted by atomic mass is 10.0. The number of hydrogen-bond donors (Lipinski definition) is 7. The Morgan fingerprint density at radius 2 is 1.87 bits per heavy atom. The molecule has 12 heteroatoms. The fourth-order valence-corrected chi connectivity index (χ4v) is 3.36. The molecule has 12 nitrogen and oxygen atoms in total. The highest BCUT2D eigenvalue weighted by Crippen LogP contribution is 2.16. The molecule has 0 bridgehead atoms. The maximum Gasteiger partial charge on any atom is 0.409 e. The second-order valence-corrected chi connectivity index (χ2v) is 7.71. The van der Waals surface area contributed by atoms with Crippen molar-refractivity contribution in [1.82, 2.24) is 32.1 Å². The lowest BCUT2D eigenvalue weighted by Gasteiger charge is -2.32. The van der Waals surface area contributed by atoms with E-state index in [1.54, 1.807) is 0 Å². The Bertz CT molecular complexity index is 582. The molecule has 7 N–H and O–H groups in total. The van der Waals surface area contributed by atoms with Crippen LogP contribution in [0, 0.1) is 0 Å². The molecule has 2 rings (SSSR count). The van der Waals surface area contributed by atoms with Crippen LogP contribution >= 0.6 is 0 Å². The number of carboxylic acid groups (broad SMARTS) is 1. The number of hydroxylamine groups is 1. The molecule has 178 valence electrons. The average molecular weight is 445 g/mol. The zero-order valence-corrected chi connectivity index (χ0v) is 18.1. The van der Waals surface area contributed by atoms with Crippen LogP contribution in [0.4, 0.5) is 4.79 Å². The molecule has 2 unspecified atom stereocenters. The number of carbonyl (C=O) groups is 3. The van der Waals surface area contributed by atoms with Crippen LogP contribution in [-0.4, -0.2) is 73.9 Å². The van der Waals surface area contributed by atoms with Gasteiger partial charge < -0.3 is 15.2 Å². The quantitative estimate of drug-likeness (QED) is 0.135. The Labute approximate surface area is 182 Å². The van der Waals surface area contributed by atoms with Crippen molar-refractivity contribution in [3.05, 3.63) is 0 Å². The van der Waals surface area contributed by atoms with Crippen molar-refractivity contribution in [2.24, 2.45) is 0 Å². The molecule has 2 aliphatic heterocycles. The van der Waals surface area contributed by atoms with Crippen LogP contribution in [0.3, 0.4) is 0 Å². The zero-order chi connectivity index (χ0) is 22.5. The molecule has 2 heterocycles. The summed E-state index contributed by atoms with van der Waals surface area (Å²) in [5.41, 5.74) is 0.631. The van der Waals surface area contributed by atoms with Gasteiger partial charge in [-0.25, -0.2) is 15.1 Å². The third-order valence-electron chi connectivity index (χ3n) is 5.17. The molecule has 2 fully saturated rings. The van der Waals surface area contributed by atoms with Crippen LogP contribution in [-0.2, 0) is 19.2 Å². The molecule has 2 saturated heterocycles. The minimum Gasteiger partial charge on any atom is -0.478 e. The topological polar surface area (TPSA) is 162 Å². The van der Waals surface area contributed by atoms with Crippen LogP contribution in [0.2, 0.25) is 0 Å². The Balaban J connectivity index is 1.90. The van der Waals surface area contributed by atoms with Gasteiger partial charge in [-0.15, -0.1) is 0 Å². The molecule has 31 heavy (non-hydrogen) atoms. The molecule has 2 atom stereocenters. The molecule has 0 aromatic rings. The first kappa shape index (κ1) is 25.3. The Kier molecular flexibility index (Phi) is 10.9. The van der Waals surface area contributed by atoms with Crippen LogP contribution in [0.15, 0.2) is 0 Å². The molecule has 0 spiro atoms. The molecule has 0 aliphatic carbocycles. The van der Waals surface area contributed by atoms with Gasteiger partial charge in [-0.3, -0.25) is 30.9 Å². The summed E-state index contributed by atoms with van der Waals surface area (Å²) >= 11 is 0. The van der Waals surface area contributed by atoms with E-state index >= 15 is 0 Å². The van der Waals surface area contributed by atoms with Crippen molar-refractivity contribution < 1.29 is 29.1 Å². The number of aliphatic carboxylic acids is 1. The third-order valence-corrected chi connectivity index (χ3v) is 5.17. The highest BCUT2D eigenvalue weighted by Gasteiger charge is 2.43. The summed E-state index contributed by atoms with van der Waals surface area (Å²) in [5, 5.41) is 24.6. The number of ether oxygens (including phenoxy) is 1. The molecule has 2 amide bonds. The van der Waals surface area contributed by atoms with E-state index in [1.165, 1.54) is 0 Å². The second-order valence-electron chi connectivity index (χ2n) is 7.71. The van der Waals surface area contributed by atoms with Gasteiger partial charge >= 0.3 is 12.1 Å². The fourth-order valence-electron chi connectivity index (χ4n) is 3.36. The van der Waals surface area contributed by atoms with Gasteiger partial charge in [-0.05, 0) is 32.2 Å². The van der Waals surface area contributed by atoms with E-state index < -0.39 is 29.7 Å². The Morgan fingerprint density at radius 1 is 1.10 bits per heavy atom. The van der Waals surface area contributed by atoms with Crippen LogP contribution in [0.5, 0.6) is 0 Å². The number of nitrogens with one attached hydrogen (secondary N) is 6. The molecule has 0 aromatic carbocycles. The summed E-state index contributed by atoms with van der Waals surface area (Å²) in [4.78, 5) is 42.0. The number of amides is 2. The van der Waals surface area contributed by atoms with Gasteiger partial charge in [0.25, 0.3) is 5.91 Å². The molecule has 0 aromatic heterocycles. The van der Waals surface area contributed by atoms with Gasteiger partial charge in [-0.1, -0.05) is 19.8 Å². The highest BCUT2D eigenvalue weighted by atomic mass is 16.7. The molecular weight excluding hydrogens is 408 g/mol. The first-order valence-electron chi connectivity index (χ1n) is 11.1. The lowest BCUT2D eigenvalue weighted by Crippen LogP contribution is -2.67. The number of rotatable bonds is 14. The number of alkyl carbamates (subject to hydrolysis) is 1. The summed E-state index contributed by atoms with van der Waals surface area (Å²) in [6, 6.07) is 0. The van der Waals surface area contributed by atoms with Crippen LogP contribution in [0.25, 0.3) is 0 Å². The molecule has 2 aliphatic rings. The van der Waals surface area contributed by atoms with Crippen molar-refractivity contribution in [2.75, 3.05) is 32.8 Å². The van der Waals surface area contributed by atoms with E-state index in [0.717, 1.165) is 38.9 Å². The van der Waals surface area contributed by atoms with Gasteiger partial charge in [0.1, 0.15) is 6.29 Å². The predicted molar refractivity (Wildman–Crippen MR) is 112 cm³/mol. The number of carbonyl (C=O) groups excluding carboxylic acids is 2. The predicted octanol–water partition coefficient (Wildman–Crippen LogP) is -0.670. The first-order valence-corrected chi connectivity index (χ1v) is 11.1. The Hall–Kier alpha value is -1.99. The van der Waals surface area contributed by atoms with E-state index in [4.69, 9.17) is 9.57 Å². The number of carboxylic acids is 1. The normalized spacial score (nSPS) is 20.9. The van der Waals surface area contributed by atoms with Crippen molar-refractivity contribution in [2.45, 2.75) is 69.9 Å². The first-order chi connectivity index (χ1) is 15.0. The highest BCUT2D eigenvalue weighted by molar-refractivity contribution is 5.91. The van der Waals surface area contributed by atoms with Gasteiger partial charge in [0, 0.05) is 26.1 Å². The lowest BCUT2D eigenvalue weighted by molar-refractivity contribution is -0.152. The largest absolute Gasteiger partial charge is 0.478 e. The second kappa shape index (κ2) is 13.4. The zero-order valence-electron chi connectivity index (χ0n) is 18.1. The van der Waals surface area contributed by atoms with E-state index in [2.05, 4.69) is 32.1 Å². The van der Waals surface area contributed by atoms with E-state index in [1.807, 2.05) is 6.92 Å². The summed E-state index contributed by atoms with van der Waals surface area (Å²) in [7, 11) is 0. The maximum absolute atomic E-state index is 12.5. The average Bonchev–Trinajstić information content (AvgIpc) is 3.44. The smallest absolute Gasteiger partial charge is 0.409 e. The molecule has 0 radical (unpaired) electrons. The SMILES string of the molecule is CCCCOC(=O)NC(CCCCCNC1NCCN1)(NC(=O)C1CCNO1)C(=O)O. The Morgan fingerprint density at radius 3 is 2.52 bits per heavy atom. The van der Waals surface area contributed by atoms with Crippen LogP contribution in [0.1, 0.15) is 51.9 Å². The fraction of sp³-hybridized carbons (Fsp3) is 0.842. The number of unbranched alkanes of at least 4 members (excludes halogenated alkanes) is 3. The third kappa shape index (κ3) is 8.57. The van der Waals surface area contributed by atoms with Gasteiger partial charge in [0.2, 0.25) is 5.66 Å². The maximum atomic E-state index is 12.5. The summed E-state index contributed by atoms with van der Waals surface area (Å²) < 4.78 is 5.06.